The van der Waals surface area contributed by atoms with E-state index in [4.69, 9.17) is 4.74 Å². The number of rotatable bonds is 3. The van der Waals surface area contributed by atoms with Gasteiger partial charge < -0.3 is 9.84 Å². The van der Waals surface area contributed by atoms with E-state index < -0.39 is 0 Å². The van der Waals surface area contributed by atoms with Crippen molar-refractivity contribution in [1.29, 1.82) is 0 Å². The molecule has 0 radical (unpaired) electrons. The van der Waals surface area contributed by atoms with Gasteiger partial charge in [-0.1, -0.05) is 24.3 Å². The highest BCUT2D eigenvalue weighted by molar-refractivity contribution is 5.27. The van der Waals surface area contributed by atoms with Gasteiger partial charge in [0.1, 0.15) is 0 Å². The highest BCUT2D eigenvalue weighted by Gasteiger charge is 2.15. The van der Waals surface area contributed by atoms with Crippen LogP contribution in [0.1, 0.15) is 36.8 Å². The number of benzene rings is 1. The summed E-state index contributed by atoms with van der Waals surface area (Å²) in [6.07, 6.45) is 2.73. The molecule has 0 spiro atoms. The van der Waals surface area contributed by atoms with Crippen molar-refractivity contribution in [3.8, 4) is 0 Å². The second-order valence-corrected chi connectivity index (χ2v) is 4.68. The monoisotopic (exact) mass is 220 g/mol. The smallest absolute Gasteiger partial charge is 0.0552 e. The van der Waals surface area contributed by atoms with Crippen LogP contribution in [0.4, 0.5) is 0 Å². The van der Waals surface area contributed by atoms with Crippen LogP contribution >= 0.6 is 0 Å². The van der Waals surface area contributed by atoms with E-state index in [2.05, 4.69) is 24.3 Å². The van der Waals surface area contributed by atoms with Crippen molar-refractivity contribution in [2.24, 2.45) is 0 Å². The SMILES string of the molecule is CC(O)Cc1cccc(C2CCOCC2)c1. The normalized spacial score (nSPS) is 19.6. The van der Waals surface area contributed by atoms with Crippen LogP contribution in [-0.2, 0) is 11.2 Å². The molecule has 0 amide bonds. The molecule has 1 atom stereocenters. The first-order valence-electron chi connectivity index (χ1n) is 6.10. The Bertz CT molecular complexity index is 327. The summed E-state index contributed by atoms with van der Waals surface area (Å²) in [5.41, 5.74) is 2.64. The summed E-state index contributed by atoms with van der Waals surface area (Å²) in [4.78, 5) is 0. The highest BCUT2D eigenvalue weighted by Crippen LogP contribution is 2.27. The van der Waals surface area contributed by atoms with Gasteiger partial charge in [-0.05, 0) is 43.2 Å². The lowest BCUT2D eigenvalue weighted by Crippen LogP contribution is -2.14. The molecule has 2 nitrogen and oxygen atoms in total. The van der Waals surface area contributed by atoms with E-state index in [0.717, 1.165) is 32.5 Å². The van der Waals surface area contributed by atoms with Crippen LogP contribution < -0.4 is 0 Å². The molecule has 1 unspecified atom stereocenters. The van der Waals surface area contributed by atoms with Gasteiger partial charge in [0.25, 0.3) is 0 Å². The Morgan fingerprint density at radius 1 is 1.38 bits per heavy atom. The molecule has 2 rings (SSSR count). The predicted octanol–water partition coefficient (Wildman–Crippen LogP) is 2.50. The zero-order valence-electron chi connectivity index (χ0n) is 9.86. The van der Waals surface area contributed by atoms with E-state index in [0.29, 0.717) is 5.92 Å². The minimum Gasteiger partial charge on any atom is -0.393 e. The van der Waals surface area contributed by atoms with Crippen LogP contribution in [0.3, 0.4) is 0 Å². The largest absolute Gasteiger partial charge is 0.393 e. The molecule has 1 saturated heterocycles. The molecule has 1 aromatic rings. The minimum absolute atomic E-state index is 0.259. The van der Waals surface area contributed by atoms with Crippen molar-refractivity contribution in [3.63, 3.8) is 0 Å². The molecule has 88 valence electrons. The first kappa shape index (κ1) is 11.6. The highest BCUT2D eigenvalue weighted by atomic mass is 16.5. The summed E-state index contributed by atoms with van der Waals surface area (Å²) >= 11 is 0. The molecular formula is C14H20O2. The molecular weight excluding hydrogens is 200 g/mol. The number of aliphatic hydroxyl groups excluding tert-OH is 1. The lowest BCUT2D eigenvalue weighted by atomic mass is 9.90. The number of hydrogen-bond acceptors (Lipinski definition) is 2. The Hall–Kier alpha value is -0.860. The zero-order valence-corrected chi connectivity index (χ0v) is 9.86. The van der Waals surface area contributed by atoms with Crippen molar-refractivity contribution in [2.75, 3.05) is 13.2 Å². The second-order valence-electron chi connectivity index (χ2n) is 4.68. The van der Waals surface area contributed by atoms with Crippen molar-refractivity contribution >= 4 is 0 Å². The molecule has 0 aromatic heterocycles. The van der Waals surface area contributed by atoms with Crippen LogP contribution in [0.5, 0.6) is 0 Å². The third-order valence-corrected chi connectivity index (χ3v) is 3.17. The molecule has 1 aliphatic rings. The van der Waals surface area contributed by atoms with Crippen molar-refractivity contribution in [2.45, 2.75) is 38.2 Å². The van der Waals surface area contributed by atoms with Crippen LogP contribution in [0, 0.1) is 0 Å². The Kier molecular flexibility index (Phi) is 3.97. The van der Waals surface area contributed by atoms with Gasteiger partial charge in [0.15, 0.2) is 0 Å². The van der Waals surface area contributed by atoms with Crippen molar-refractivity contribution < 1.29 is 9.84 Å². The summed E-state index contributed by atoms with van der Waals surface area (Å²) in [6.45, 7) is 3.59. The van der Waals surface area contributed by atoms with Gasteiger partial charge in [-0.3, -0.25) is 0 Å². The van der Waals surface area contributed by atoms with E-state index in [1.54, 1.807) is 0 Å². The number of hydrogen-bond donors (Lipinski definition) is 1. The first-order chi connectivity index (χ1) is 7.75. The summed E-state index contributed by atoms with van der Waals surface area (Å²) < 4.78 is 5.38. The Labute approximate surface area is 97.3 Å². The first-order valence-corrected chi connectivity index (χ1v) is 6.10. The van der Waals surface area contributed by atoms with Gasteiger partial charge in [0.05, 0.1) is 6.10 Å². The molecule has 1 aromatic carbocycles. The lowest BCUT2D eigenvalue weighted by molar-refractivity contribution is 0.0853. The number of aliphatic hydroxyl groups is 1. The zero-order chi connectivity index (χ0) is 11.4. The number of ether oxygens (including phenoxy) is 1. The Balaban J connectivity index is 2.08. The molecule has 0 bridgehead atoms. The molecule has 1 fully saturated rings. The summed E-state index contributed by atoms with van der Waals surface area (Å²) in [7, 11) is 0. The standard InChI is InChI=1S/C14H20O2/c1-11(15)9-12-3-2-4-14(10-12)13-5-7-16-8-6-13/h2-4,10-11,13,15H,5-9H2,1H3. The molecule has 0 aliphatic carbocycles. The molecule has 1 heterocycles. The Morgan fingerprint density at radius 2 is 2.12 bits per heavy atom. The lowest BCUT2D eigenvalue weighted by Gasteiger charge is -2.22. The van der Waals surface area contributed by atoms with E-state index >= 15 is 0 Å². The van der Waals surface area contributed by atoms with Crippen LogP contribution in [0.2, 0.25) is 0 Å². The van der Waals surface area contributed by atoms with E-state index in [1.165, 1.54) is 11.1 Å². The van der Waals surface area contributed by atoms with Crippen LogP contribution in [0.25, 0.3) is 0 Å². The molecule has 0 saturated carbocycles. The fourth-order valence-electron chi connectivity index (χ4n) is 2.35. The van der Waals surface area contributed by atoms with Crippen molar-refractivity contribution in [3.05, 3.63) is 35.4 Å². The van der Waals surface area contributed by atoms with Crippen LogP contribution in [-0.4, -0.2) is 24.4 Å². The fraction of sp³-hybridized carbons (Fsp3) is 0.571. The van der Waals surface area contributed by atoms with Crippen LogP contribution in [0.15, 0.2) is 24.3 Å². The maximum atomic E-state index is 9.39. The summed E-state index contributed by atoms with van der Waals surface area (Å²) in [6, 6.07) is 8.63. The fourth-order valence-corrected chi connectivity index (χ4v) is 2.35. The van der Waals surface area contributed by atoms with E-state index in [1.807, 2.05) is 6.92 Å². The minimum atomic E-state index is -0.259. The Morgan fingerprint density at radius 3 is 2.81 bits per heavy atom. The average Bonchev–Trinajstić information content (AvgIpc) is 2.30. The van der Waals surface area contributed by atoms with Gasteiger partial charge >= 0.3 is 0 Å². The molecule has 2 heteroatoms. The summed E-state index contributed by atoms with van der Waals surface area (Å²) in [5.74, 6) is 0.641. The average molecular weight is 220 g/mol. The second kappa shape index (κ2) is 5.46. The third-order valence-electron chi connectivity index (χ3n) is 3.17. The van der Waals surface area contributed by atoms with Gasteiger partial charge in [0.2, 0.25) is 0 Å². The quantitative estimate of drug-likeness (QED) is 0.848. The van der Waals surface area contributed by atoms with Gasteiger partial charge in [-0.25, -0.2) is 0 Å². The van der Waals surface area contributed by atoms with E-state index in [9.17, 15) is 5.11 Å². The molecule has 1 aliphatic heterocycles. The molecule has 1 N–H and O–H groups in total. The van der Waals surface area contributed by atoms with E-state index in [-0.39, 0.29) is 6.10 Å². The third kappa shape index (κ3) is 3.06. The van der Waals surface area contributed by atoms with Gasteiger partial charge in [0, 0.05) is 13.2 Å². The summed E-state index contributed by atoms with van der Waals surface area (Å²) in [5, 5.41) is 9.39. The van der Waals surface area contributed by atoms with Gasteiger partial charge in [-0.15, -0.1) is 0 Å². The maximum absolute atomic E-state index is 9.39. The maximum Gasteiger partial charge on any atom is 0.0552 e. The predicted molar refractivity (Wildman–Crippen MR) is 64.6 cm³/mol. The molecule has 16 heavy (non-hydrogen) atoms. The van der Waals surface area contributed by atoms with Crippen molar-refractivity contribution in [1.82, 2.24) is 0 Å². The topological polar surface area (TPSA) is 29.5 Å². The van der Waals surface area contributed by atoms with Gasteiger partial charge in [-0.2, -0.15) is 0 Å².